The summed E-state index contributed by atoms with van der Waals surface area (Å²) in [5.41, 5.74) is 2.20. The molecule has 4 rings (SSSR count). The molecule has 2 aliphatic rings. The first-order valence-corrected chi connectivity index (χ1v) is 12.8. The smallest absolute Gasteiger partial charge is 0.295 e. The van der Waals surface area contributed by atoms with Crippen LogP contribution in [0.1, 0.15) is 49.9 Å². The van der Waals surface area contributed by atoms with Gasteiger partial charge in [0, 0.05) is 18.5 Å². The molecule has 1 saturated heterocycles. The summed E-state index contributed by atoms with van der Waals surface area (Å²) in [5.74, 6) is 0.309. The van der Waals surface area contributed by atoms with Gasteiger partial charge in [0.2, 0.25) is 0 Å². The van der Waals surface area contributed by atoms with E-state index in [1.54, 1.807) is 42.3 Å². The number of aliphatic hydroxyl groups excluding tert-OH is 1. The molecule has 2 heterocycles. The fourth-order valence-corrected chi connectivity index (χ4v) is 5.21. The van der Waals surface area contributed by atoms with E-state index in [0.717, 1.165) is 37.4 Å². The fraction of sp³-hybridized carbons (Fsp3) is 0.448. The summed E-state index contributed by atoms with van der Waals surface area (Å²) in [7, 11) is 3.09. The Labute approximate surface area is 218 Å². The van der Waals surface area contributed by atoms with Crippen LogP contribution in [0.3, 0.4) is 0 Å². The van der Waals surface area contributed by atoms with Gasteiger partial charge in [-0.25, -0.2) is 0 Å². The second-order valence-electron chi connectivity index (χ2n) is 9.44. The van der Waals surface area contributed by atoms with Crippen molar-refractivity contribution in [3.05, 3.63) is 58.7 Å². The average Bonchev–Trinajstić information content (AvgIpc) is 3.41. The first-order chi connectivity index (χ1) is 17.8. The lowest BCUT2D eigenvalue weighted by molar-refractivity contribution is -0.140. The molecule has 2 aromatic carbocycles. The number of aliphatic hydroxyl groups is 1. The first kappa shape index (κ1) is 26.5. The highest BCUT2D eigenvalue weighted by Gasteiger charge is 2.46. The Bertz CT molecular complexity index is 1200. The SMILES string of the molecule is CCN(CC)CCCN1C(=O)C(=O)/C(=C(/O)c2ccc3c(c2)CC(C)O3)C1c1ccc(OC)c(OC)c1. The predicted octanol–water partition coefficient (Wildman–Crippen LogP) is 4.18. The Morgan fingerprint density at radius 1 is 1.08 bits per heavy atom. The first-order valence-electron chi connectivity index (χ1n) is 12.8. The molecular formula is C29H36N2O6. The number of carbonyl (C=O) groups is 2. The third kappa shape index (κ3) is 5.16. The van der Waals surface area contributed by atoms with E-state index in [9.17, 15) is 14.7 Å². The lowest BCUT2D eigenvalue weighted by Crippen LogP contribution is -2.33. The predicted molar refractivity (Wildman–Crippen MR) is 141 cm³/mol. The number of ether oxygens (including phenoxy) is 3. The third-order valence-corrected chi connectivity index (χ3v) is 7.20. The van der Waals surface area contributed by atoms with Crippen LogP contribution in [0.25, 0.3) is 5.76 Å². The maximum atomic E-state index is 13.4. The van der Waals surface area contributed by atoms with Crippen molar-refractivity contribution in [3.8, 4) is 17.2 Å². The molecule has 1 amide bonds. The van der Waals surface area contributed by atoms with Gasteiger partial charge >= 0.3 is 0 Å². The minimum atomic E-state index is -0.750. The van der Waals surface area contributed by atoms with Crippen molar-refractivity contribution in [2.45, 2.75) is 45.8 Å². The normalized spacial score (nSPS) is 20.3. The Hall–Kier alpha value is -3.52. The van der Waals surface area contributed by atoms with E-state index in [-0.39, 0.29) is 17.4 Å². The minimum absolute atomic E-state index is 0.0514. The molecule has 0 radical (unpaired) electrons. The van der Waals surface area contributed by atoms with Crippen LogP contribution in [0.5, 0.6) is 17.2 Å². The third-order valence-electron chi connectivity index (χ3n) is 7.20. The van der Waals surface area contributed by atoms with Crippen LogP contribution < -0.4 is 14.2 Å². The summed E-state index contributed by atoms with van der Waals surface area (Å²) < 4.78 is 16.7. The zero-order chi connectivity index (χ0) is 26.7. The Kier molecular flexibility index (Phi) is 8.07. The van der Waals surface area contributed by atoms with Crippen molar-refractivity contribution < 1.29 is 28.9 Å². The second kappa shape index (κ2) is 11.3. The molecule has 8 heteroatoms. The molecule has 2 atom stereocenters. The zero-order valence-electron chi connectivity index (χ0n) is 22.2. The van der Waals surface area contributed by atoms with E-state index in [0.29, 0.717) is 35.6 Å². The van der Waals surface area contributed by atoms with Gasteiger partial charge in [-0.2, -0.15) is 0 Å². The number of fused-ring (bicyclic) bond motifs is 1. The van der Waals surface area contributed by atoms with Crippen molar-refractivity contribution >= 4 is 17.4 Å². The Balaban J connectivity index is 1.78. The summed E-state index contributed by atoms with van der Waals surface area (Å²) in [4.78, 5) is 30.5. The van der Waals surface area contributed by atoms with Gasteiger partial charge in [0.15, 0.2) is 11.5 Å². The maximum Gasteiger partial charge on any atom is 0.295 e. The number of rotatable bonds is 10. The summed E-state index contributed by atoms with van der Waals surface area (Å²) in [6, 6.07) is 9.94. The van der Waals surface area contributed by atoms with Gasteiger partial charge in [0.05, 0.1) is 25.8 Å². The van der Waals surface area contributed by atoms with Crippen LogP contribution in [-0.4, -0.2) is 73.1 Å². The van der Waals surface area contributed by atoms with E-state index in [1.807, 2.05) is 13.0 Å². The van der Waals surface area contributed by atoms with Crippen LogP contribution in [0.2, 0.25) is 0 Å². The molecule has 198 valence electrons. The largest absolute Gasteiger partial charge is 0.507 e. The number of methoxy groups -OCH3 is 2. The van der Waals surface area contributed by atoms with Crippen LogP contribution in [0, 0.1) is 0 Å². The van der Waals surface area contributed by atoms with Crippen molar-refractivity contribution in [1.82, 2.24) is 9.80 Å². The molecule has 2 aromatic rings. The Morgan fingerprint density at radius 2 is 1.81 bits per heavy atom. The monoisotopic (exact) mass is 508 g/mol. The molecular weight excluding hydrogens is 472 g/mol. The quantitative estimate of drug-likeness (QED) is 0.293. The lowest BCUT2D eigenvalue weighted by Gasteiger charge is -2.27. The van der Waals surface area contributed by atoms with Gasteiger partial charge in [0.25, 0.3) is 11.7 Å². The number of amides is 1. The van der Waals surface area contributed by atoms with Crippen LogP contribution in [0.4, 0.5) is 0 Å². The van der Waals surface area contributed by atoms with Gasteiger partial charge in [-0.1, -0.05) is 19.9 Å². The molecule has 0 spiro atoms. The van der Waals surface area contributed by atoms with E-state index < -0.39 is 17.7 Å². The zero-order valence-corrected chi connectivity index (χ0v) is 22.2. The summed E-state index contributed by atoms with van der Waals surface area (Å²) >= 11 is 0. The van der Waals surface area contributed by atoms with Crippen LogP contribution in [-0.2, 0) is 16.0 Å². The standard InChI is InChI=1S/C29H36N2O6/c1-6-30(7-2)13-8-14-31-26(19-9-12-23(35-4)24(17-19)36-5)25(28(33)29(31)34)27(32)20-10-11-22-21(16-20)15-18(3)37-22/h9-12,16-18,26,32H,6-8,13-15H2,1-5H3/b27-25+. The maximum absolute atomic E-state index is 13.4. The van der Waals surface area contributed by atoms with Crippen molar-refractivity contribution in [2.24, 2.45) is 0 Å². The number of carbonyl (C=O) groups excluding carboxylic acids is 2. The molecule has 37 heavy (non-hydrogen) atoms. The highest BCUT2D eigenvalue weighted by molar-refractivity contribution is 6.46. The van der Waals surface area contributed by atoms with Gasteiger partial charge in [-0.05, 0) is 74.4 Å². The molecule has 8 nitrogen and oxygen atoms in total. The number of hydrogen-bond acceptors (Lipinski definition) is 7. The number of ketones is 1. The molecule has 1 fully saturated rings. The van der Waals surface area contributed by atoms with E-state index in [4.69, 9.17) is 14.2 Å². The second-order valence-corrected chi connectivity index (χ2v) is 9.44. The van der Waals surface area contributed by atoms with E-state index >= 15 is 0 Å². The van der Waals surface area contributed by atoms with Gasteiger partial charge in [0.1, 0.15) is 17.6 Å². The van der Waals surface area contributed by atoms with E-state index in [1.165, 1.54) is 7.11 Å². The highest BCUT2D eigenvalue weighted by Crippen LogP contribution is 2.42. The minimum Gasteiger partial charge on any atom is -0.507 e. The molecule has 1 N–H and O–H groups in total. The lowest BCUT2D eigenvalue weighted by atomic mass is 9.94. The molecule has 0 saturated carbocycles. The molecule has 0 aliphatic carbocycles. The summed E-state index contributed by atoms with van der Waals surface area (Å²) in [6.07, 6.45) is 1.47. The summed E-state index contributed by atoms with van der Waals surface area (Å²) in [5, 5.41) is 11.4. The molecule has 2 unspecified atom stereocenters. The molecule has 2 aliphatic heterocycles. The number of benzene rings is 2. The van der Waals surface area contributed by atoms with Gasteiger partial charge in [-0.3, -0.25) is 9.59 Å². The van der Waals surface area contributed by atoms with Crippen molar-refractivity contribution in [2.75, 3.05) is 40.4 Å². The average molecular weight is 509 g/mol. The number of nitrogens with zero attached hydrogens (tertiary/aromatic N) is 2. The van der Waals surface area contributed by atoms with Crippen molar-refractivity contribution in [1.29, 1.82) is 0 Å². The van der Waals surface area contributed by atoms with Gasteiger partial charge in [-0.15, -0.1) is 0 Å². The van der Waals surface area contributed by atoms with Crippen molar-refractivity contribution in [3.63, 3.8) is 0 Å². The number of hydrogen-bond donors (Lipinski definition) is 1. The number of likely N-dealkylation sites (tertiary alicyclic amines) is 1. The van der Waals surface area contributed by atoms with Crippen LogP contribution >= 0.6 is 0 Å². The fourth-order valence-electron chi connectivity index (χ4n) is 5.21. The molecule has 0 aromatic heterocycles. The summed E-state index contributed by atoms with van der Waals surface area (Å²) in [6.45, 7) is 9.19. The van der Waals surface area contributed by atoms with Crippen LogP contribution in [0.15, 0.2) is 42.0 Å². The van der Waals surface area contributed by atoms with Gasteiger partial charge < -0.3 is 29.1 Å². The topological polar surface area (TPSA) is 88.5 Å². The molecule has 0 bridgehead atoms. The number of Topliss-reactive ketones (excluding diaryl/α,β-unsaturated/α-hetero) is 1. The highest BCUT2D eigenvalue weighted by atomic mass is 16.5. The van der Waals surface area contributed by atoms with E-state index in [2.05, 4.69) is 18.7 Å². The Morgan fingerprint density at radius 3 is 2.49 bits per heavy atom.